The summed E-state index contributed by atoms with van der Waals surface area (Å²) in [5.41, 5.74) is 4.42. The SMILES string of the molecule is Cn1cc(-c2nccc(-c3cc4c([nH]3)C3(CC3)CNC4=O)n2)cn1. The first-order chi connectivity index (χ1) is 11.6. The Hall–Kier alpha value is -2.96. The molecule has 1 spiro atoms. The molecule has 3 aromatic rings. The molecule has 7 nitrogen and oxygen atoms in total. The van der Waals surface area contributed by atoms with Gasteiger partial charge in [-0.1, -0.05) is 0 Å². The van der Waals surface area contributed by atoms with Crippen LogP contribution in [-0.2, 0) is 12.5 Å². The quantitative estimate of drug-likeness (QED) is 0.751. The third-order valence-corrected chi connectivity index (χ3v) is 4.93. The van der Waals surface area contributed by atoms with Gasteiger partial charge in [-0.3, -0.25) is 9.48 Å². The number of nitrogens with one attached hydrogen (secondary N) is 2. The lowest BCUT2D eigenvalue weighted by Gasteiger charge is -2.21. The van der Waals surface area contributed by atoms with Crippen LogP contribution in [0.2, 0.25) is 0 Å². The summed E-state index contributed by atoms with van der Waals surface area (Å²) in [5.74, 6) is 0.616. The van der Waals surface area contributed by atoms with Gasteiger partial charge in [0.15, 0.2) is 5.82 Å². The summed E-state index contributed by atoms with van der Waals surface area (Å²) in [5, 5.41) is 7.15. The van der Waals surface area contributed by atoms with Gasteiger partial charge >= 0.3 is 0 Å². The topological polar surface area (TPSA) is 88.5 Å². The van der Waals surface area contributed by atoms with E-state index in [9.17, 15) is 4.79 Å². The Labute approximate surface area is 138 Å². The molecule has 24 heavy (non-hydrogen) atoms. The van der Waals surface area contributed by atoms with Crippen LogP contribution in [0.4, 0.5) is 0 Å². The number of carbonyl (C=O) groups excluding carboxylic acids is 1. The van der Waals surface area contributed by atoms with Crippen LogP contribution >= 0.6 is 0 Å². The maximum Gasteiger partial charge on any atom is 0.253 e. The number of hydrogen-bond acceptors (Lipinski definition) is 4. The lowest BCUT2D eigenvalue weighted by atomic mass is 9.95. The number of carbonyl (C=O) groups is 1. The Kier molecular flexibility index (Phi) is 2.54. The maximum atomic E-state index is 12.2. The van der Waals surface area contributed by atoms with Crippen LogP contribution in [-0.4, -0.2) is 37.2 Å². The second-order valence-electron chi connectivity index (χ2n) is 6.60. The van der Waals surface area contributed by atoms with Crippen molar-refractivity contribution in [2.45, 2.75) is 18.3 Å². The Bertz CT molecular complexity index is 965. The summed E-state index contributed by atoms with van der Waals surface area (Å²) < 4.78 is 1.72. The highest BCUT2D eigenvalue weighted by molar-refractivity contribution is 5.98. The van der Waals surface area contributed by atoms with Gasteiger partial charge in [0, 0.05) is 37.1 Å². The third kappa shape index (κ3) is 1.90. The van der Waals surface area contributed by atoms with Gasteiger partial charge < -0.3 is 10.3 Å². The molecule has 0 bridgehead atoms. The first-order valence-electron chi connectivity index (χ1n) is 7.99. The van der Waals surface area contributed by atoms with E-state index >= 15 is 0 Å². The van der Waals surface area contributed by atoms with Crippen molar-refractivity contribution in [3.05, 3.63) is 42.0 Å². The van der Waals surface area contributed by atoms with Gasteiger partial charge in [-0.25, -0.2) is 9.97 Å². The van der Waals surface area contributed by atoms with E-state index in [1.807, 2.05) is 25.4 Å². The largest absolute Gasteiger partial charge is 0.356 e. The Morgan fingerprint density at radius 2 is 2.21 bits per heavy atom. The summed E-state index contributed by atoms with van der Waals surface area (Å²) in [7, 11) is 1.86. The summed E-state index contributed by atoms with van der Waals surface area (Å²) in [4.78, 5) is 24.6. The lowest BCUT2D eigenvalue weighted by molar-refractivity contribution is 0.0937. The fourth-order valence-corrected chi connectivity index (χ4v) is 3.39. The van der Waals surface area contributed by atoms with Crippen molar-refractivity contribution in [3.8, 4) is 22.8 Å². The van der Waals surface area contributed by atoms with Gasteiger partial charge in [0.1, 0.15) is 0 Å². The minimum atomic E-state index is -0.00781. The van der Waals surface area contributed by atoms with Crippen LogP contribution in [0.25, 0.3) is 22.8 Å². The van der Waals surface area contributed by atoms with E-state index in [1.54, 1.807) is 17.1 Å². The number of fused-ring (bicyclic) bond motifs is 2. The predicted molar refractivity (Wildman–Crippen MR) is 87.3 cm³/mol. The van der Waals surface area contributed by atoms with Crippen LogP contribution in [0.1, 0.15) is 28.9 Å². The zero-order valence-electron chi connectivity index (χ0n) is 13.2. The van der Waals surface area contributed by atoms with Crippen molar-refractivity contribution in [2.24, 2.45) is 7.05 Å². The fraction of sp³-hybridized carbons (Fsp3) is 0.294. The van der Waals surface area contributed by atoms with Crippen molar-refractivity contribution in [1.82, 2.24) is 30.0 Å². The molecular formula is C17H16N6O. The van der Waals surface area contributed by atoms with E-state index in [0.717, 1.165) is 47.6 Å². The minimum Gasteiger partial charge on any atom is -0.356 e. The molecule has 2 N–H and O–H groups in total. The number of amides is 1. The Balaban J connectivity index is 1.59. The molecule has 0 atom stereocenters. The number of rotatable bonds is 2. The van der Waals surface area contributed by atoms with Crippen LogP contribution in [0, 0.1) is 0 Å². The molecular weight excluding hydrogens is 304 g/mol. The molecule has 1 aliphatic carbocycles. The molecule has 1 saturated carbocycles. The molecule has 0 radical (unpaired) electrons. The van der Waals surface area contributed by atoms with E-state index in [-0.39, 0.29) is 11.3 Å². The molecule has 1 fully saturated rings. The summed E-state index contributed by atoms with van der Waals surface area (Å²) in [6, 6.07) is 3.76. The van der Waals surface area contributed by atoms with E-state index in [0.29, 0.717) is 5.82 Å². The van der Waals surface area contributed by atoms with Gasteiger partial charge in [-0.15, -0.1) is 0 Å². The normalized spacial score (nSPS) is 17.6. The van der Waals surface area contributed by atoms with Crippen molar-refractivity contribution in [1.29, 1.82) is 0 Å². The van der Waals surface area contributed by atoms with Crippen molar-refractivity contribution in [3.63, 3.8) is 0 Å². The highest BCUT2D eigenvalue weighted by Crippen LogP contribution is 2.50. The van der Waals surface area contributed by atoms with E-state index in [4.69, 9.17) is 0 Å². The molecule has 0 saturated heterocycles. The average Bonchev–Trinajstić information content (AvgIpc) is 3.02. The minimum absolute atomic E-state index is 0.00781. The van der Waals surface area contributed by atoms with E-state index in [1.165, 1.54) is 0 Å². The number of aromatic nitrogens is 5. The first kappa shape index (κ1) is 13.5. The van der Waals surface area contributed by atoms with Gasteiger partial charge in [-0.2, -0.15) is 5.10 Å². The van der Waals surface area contributed by atoms with Crippen LogP contribution < -0.4 is 5.32 Å². The predicted octanol–water partition coefficient (Wildman–Crippen LogP) is 1.65. The van der Waals surface area contributed by atoms with Crippen LogP contribution in [0.5, 0.6) is 0 Å². The molecule has 0 aromatic carbocycles. The molecule has 5 rings (SSSR count). The molecule has 120 valence electrons. The lowest BCUT2D eigenvalue weighted by Crippen LogP contribution is -2.38. The van der Waals surface area contributed by atoms with Crippen LogP contribution in [0.15, 0.2) is 30.7 Å². The summed E-state index contributed by atoms with van der Waals surface area (Å²) >= 11 is 0. The fourth-order valence-electron chi connectivity index (χ4n) is 3.39. The zero-order valence-corrected chi connectivity index (χ0v) is 13.2. The molecule has 3 aromatic heterocycles. The molecule has 2 aliphatic rings. The van der Waals surface area contributed by atoms with Gasteiger partial charge in [0.2, 0.25) is 0 Å². The smallest absolute Gasteiger partial charge is 0.253 e. The summed E-state index contributed by atoms with van der Waals surface area (Å²) in [6.45, 7) is 0.726. The zero-order chi connectivity index (χ0) is 16.3. The molecule has 0 unspecified atom stereocenters. The molecule has 1 aliphatic heterocycles. The Morgan fingerprint density at radius 3 is 2.96 bits per heavy atom. The van der Waals surface area contributed by atoms with Crippen molar-refractivity contribution in [2.75, 3.05) is 6.54 Å². The highest BCUT2D eigenvalue weighted by atomic mass is 16.1. The maximum absolute atomic E-state index is 12.2. The van der Waals surface area contributed by atoms with E-state index < -0.39 is 0 Å². The van der Waals surface area contributed by atoms with Gasteiger partial charge in [-0.05, 0) is 25.0 Å². The Morgan fingerprint density at radius 1 is 1.33 bits per heavy atom. The number of nitrogens with zero attached hydrogens (tertiary/aromatic N) is 4. The van der Waals surface area contributed by atoms with Gasteiger partial charge in [0.05, 0.1) is 28.7 Å². The molecule has 1 amide bonds. The third-order valence-electron chi connectivity index (χ3n) is 4.93. The number of aromatic amines is 1. The number of H-pyrrole nitrogens is 1. The second-order valence-corrected chi connectivity index (χ2v) is 6.60. The number of aryl methyl sites for hydroxylation is 1. The standard InChI is InChI=1S/C17H16N6O/c1-23-8-10(7-20-23)15-18-5-2-12(22-15)13-6-11-14(21-13)17(3-4-17)9-19-16(11)24/h2,5-8,21H,3-4,9H2,1H3,(H,19,24). The first-order valence-corrected chi connectivity index (χ1v) is 7.99. The molecule has 4 heterocycles. The average molecular weight is 320 g/mol. The molecule has 7 heteroatoms. The van der Waals surface area contributed by atoms with E-state index in [2.05, 4.69) is 25.4 Å². The summed E-state index contributed by atoms with van der Waals surface area (Å²) in [6.07, 6.45) is 7.59. The van der Waals surface area contributed by atoms with Crippen LogP contribution in [0.3, 0.4) is 0 Å². The number of hydrogen-bond donors (Lipinski definition) is 2. The van der Waals surface area contributed by atoms with Crippen molar-refractivity contribution >= 4 is 5.91 Å². The van der Waals surface area contributed by atoms with Gasteiger partial charge in [0.25, 0.3) is 5.91 Å². The second kappa shape index (κ2) is 4.53. The monoisotopic (exact) mass is 320 g/mol. The highest BCUT2D eigenvalue weighted by Gasteiger charge is 2.50. The van der Waals surface area contributed by atoms with Crippen molar-refractivity contribution < 1.29 is 4.79 Å².